The van der Waals surface area contributed by atoms with Crippen LogP contribution in [0.3, 0.4) is 0 Å². The van der Waals surface area contributed by atoms with Gasteiger partial charge in [-0.1, -0.05) is 0 Å². The summed E-state index contributed by atoms with van der Waals surface area (Å²) in [4.78, 5) is 4.07. The number of hydrogen-bond donors (Lipinski definition) is 0. The molecule has 0 N–H and O–H groups in total. The smallest absolute Gasteiger partial charge is 0.139 e. The number of hydrogen-bond acceptors (Lipinski definition) is 3. The van der Waals surface area contributed by atoms with Crippen LogP contribution in [0.5, 0.6) is 5.75 Å². The Labute approximate surface area is 89.9 Å². The Morgan fingerprint density at radius 1 is 1.62 bits per heavy atom. The fourth-order valence-corrected chi connectivity index (χ4v) is 1.37. The van der Waals surface area contributed by atoms with E-state index in [1.54, 1.807) is 12.3 Å². The fraction of sp³-hybridized carbons (Fsp3) is 0.333. The number of nitrogens with zero attached hydrogens (tertiary/aromatic N) is 2. The van der Waals surface area contributed by atoms with Crippen molar-refractivity contribution in [2.75, 3.05) is 0 Å². The van der Waals surface area contributed by atoms with Gasteiger partial charge in [0.05, 0.1) is 17.9 Å². The maximum absolute atomic E-state index is 8.74. The predicted molar refractivity (Wildman–Crippen MR) is 55.3 cm³/mol. The first-order valence-corrected chi connectivity index (χ1v) is 5.10. The lowest BCUT2D eigenvalue weighted by Gasteiger charge is -2.03. The summed E-state index contributed by atoms with van der Waals surface area (Å²) >= 11 is 2.04. The second-order valence-electron chi connectivity index (χ2n) is 2.94. The molecule has 4 heteroatoms. The van der Waals surface area contributed by atoms with Crippen molar-refractivity contribution in [3.63, 3.8) is 0 Å². The van der Waals surface area contributed by atoms with Gasteiger partial charge in [-0.2, -0.15) is 5.26 Å². The van der Waals surface area contributed by atoms with Gasteiger partial charge in [-0.15, -0.1) is 0 Å². The number of halogens is 1. The van der Waals surface area contributed by atoms with Crippen molar-refractivity contribution in [1.82, 2.24) is 4.98 Å². The SMILES string of the molecule is N#Cc1cc(OC2CC2)cnc1I. The van der Waals surface area contributed by atoms with E-state index in [0.717, 1.165) is 16.5 Å². The molecule has 13 heavy (non-hydrogen) atoms. The van der Waals surface area contributed by atoms with Crippen molar-refractivity contribution in [2.45, 2.75) is 18.9 Å². The first kappa shape index (κ1) is 8.75. The lowest BCUT2D eigenvalue weighted by Crippen LogP contribution is -1.98. The molecule has 1 fully saturated rings. The average molecular weight is 286 g/mol. The third-order valence-corrected chi connectivity index (χ3v) is 2.62. The summed E-state index contributed by atoms with van der Waals surface area (Å²) < 4.78 is 6.23. The van der Waals surface area contributed by atoms with E-state index in [1.165, 1.54) is 0 Å². The highest BCUT2D eigenvalue weighted by molar-refractivity contribution is 14.1. The summed E-state index contributed by atoms with van der Waals surface area (Å²) in [6.07, 6.45) is 4.26. The van der Waals surface area contributed by atoms with Crippen LogP contribution in [-0.4, -0.2) is 11.1 Å². The Morgan fingerprint density at radius 3 is 3.00 bits per heavy atom. The standard InChI is InChI=1S/C9H7IN2O/c10-9-6(4-11)3-8(5-12-9)13-7-1-2-7/h3,5,7H,1-2H2. The van der Waals surface area contributed by atoms with Gasteiger partial charge in [0.15, 0.2) is 0 Å². The van der Waals surface area contributed by atoms with Crippen LogP contribution in [0, 0.1) is 15.0 Å². The molecular weight excluding hydrogens is 279 g/mol. The quantitative estimate of drug-likeness (QED) is 0.618. The molecule has 2 rings (SSSR count). The monoisotopic (exact) mass is 286 g/mol. The molecule has 1 heterocycles. The highest BCUT2D eigenvalue weighted by Gasteiger charge is 2.23. The second kappa shape index (κ2) is 3.50. The van der Waals surface area contributed by atoms with Crippen LogP contribution < -0.4 is 4.74 Å². The predicted octanol–water partition coefficient (Wildman–Crippen LogP) is 2.10. The molecule has 0 aliphatic heterocycles. The number of ether oxygens (including phenoxy) is 1. The summed E-state index contributed by atoms with van der Waals surface area (Å²) in [5.74, 6) is 0.708. The van der Waals surface area contributed by atoms with Gasteiger partial charge in [-0.25, -0.2) is 4.98 Å². The van der Waals surface area contributed by atoms with Gasteiger partial charge in [0.25, 0.3) is 0 Å². The Hall–Kier alpha value is -0.830. The largest absolute Gasteiger partial charge is 0.489 e. The Morgan fingerprint density at radius 2 is 2.38 bits per heavy atom. The minimum absolute atomic E-state index is 0.355. The molecule has 0 radical (unpaired) electrons. The van der Waals surface area contributed by atoms with Crippen LogP contribution in [0.1, 0.15) is 18.4 Å². The van der Waals surface area contributed by atoms with Gasteiger partial charge in [0.2, 0.25) is 0 Å². The van der Waals surface area contributed by atoms with Crippen LogP contribution >= 0.6 is 22.6 Å². The molecule has 66 valence electrons. The number of aromatic nitrogens is 1. The molecule has 3 nitrogen and oxygen atoms in total. The number of rotatable bonds is 2. The van der Waals surface area contributed by atoms with Crippen molar-refractivity contribution in [3.8, 4) is 11.8 Å². The van der Waals surface area contributed by atoms with Crippen LogP contribution in [0.15, 0.2) is 12.3 Å². The molecule has 0 aromatic carbocycles. The third kappa shape index (κ3) is 2.10. The minimum atomic E-state index is 0.355. The first-order chi connectivity index (χ1) is 6.29. The molecule has 0 bridgehead atoms. The molecular formula is C9H7IN2O. The van der Waals surface area contributed by atoms with Crippen molar-refractivity contribution in [1.29, 1.82) is 5.26 Å². The van der Waals surface area contributed by atoms with Crippen LogP contribution in [-0.2, 0) is 0 Å². The van der Waals surface area contributed by atoms with Gasteiger partial charge in [0.1, 0.15) is 15.5 Å². The molecule has 1 aliphatic rings. The highest BCUT2D eigenvalue weighted by Crippen LogP contribution is 2.27. The van der Waals surface area contributed by atoms with Crippen molar-refractivity contribution in [2.24, 2.45) is 0 Å². The summed E-state index contributed by atoms with van der Waals surface area (Å²) in [7, 11) is 0. The molecule has 0 unspecified atom stereocenters. The van der Waals surface area contributed by atoms with E-state index in [1.807, 2.05) is 22.6 Å². The van der Waals surface area contributed by atoms with Crippen molar-refractivity contribution < 1.29 is 4.74 Å². The second-order valence-corrected chi connectivity index (χ2v) is 3.96. The average Bonchev–Trinajstić information content (AvgIpc) is 2.92. The molecule has 0 amide bonds. The van der Waals surface area contributed by atoms with Crippen LogP contribution in [0.4, 0.5) is 0 Å². The zero-order chi connectivity index (χ0) is 9.26. The lowest BCUT2D eigenvalue weighted by atomic mass is 10.3. The summed E-state index contributed by atoms with van der Waals surface area (Å²) in [5, 5.41) is 8.74. The van der Waals surface area contributed by atoms with Gasteiger partial charge >= 0.3 is 0 Å². The molecule has 1 aliphatic carbocycles. The first-order valence-electron chi connectivity index (χ1n) is 4.02. The zero-order valence-corrected chi connectivity index (χ0v) is 8.98. The summed E-state index contributed by atoms with van der Waals surface area (Å²) in [6, 6.07) is 3.82. The normalized spacial score (nSPS) is 15.1. The molecule has 1 aromatic heterocycles. The molecule has 0 spiro atoms. The minimum Gasteiger partial charge on any atom is -0.489 e. The van der Waals surface area contributed by atoms with Gasteiger partial charge in [0, 0.05) is 6.07 Å². The Bertz CT molecular complexity index is 368. The van der Waals surface area contributed by atoms with E-state index >= 15 is 0 Å². The highest BCUT2D eigenvalue weighted by atomic mass is 127. The van der Waals surface area contributed by atoms with Gasteiger partial charge in [-0.3, -0.25) is 0 Å². The molecule has 1 aromatic rings. The van der Waals surface area contributed by atoms with E-state index in [4.69, 9.17) is 10.00 Å². The Balaban J connectivity index is 2.22. The fourth-order valence-electron chi connectivity index (χ4n) is 0.950. The van der Waals surface area contributed by atoms with Gasteiger partial charge < -0.3 is 4.74 Å². The molecule has 1 saturated carbocycles. The Kier molecular flexibility index (Phi) is 2.36. The van der Waals surface area contributed by atoms with Crippen molar-refractivity contribution >= 4 is 22.6 Å². The van der Waals surface area contributed by atoms with E-state index in [-0.39, 0.29) is 0 Å². The molecule has 0 saturated heterocycles. The number of nitriles is 1. The van der Waals surface area contributed by atoms with Crippen LogP contribution in [0.2, 0.25) is 0 Å². The van der Waals surface area contributed by atoms with Crippen LogP contribution in [0.25, 0.3) is 0 Å². The van der Waals surface area contributed by atoms with E-state index in [2.05, 4.69) is 11.1 Å². The number of pyridine rings is 1. The maximum atomic E-state index is 8.74. The van der Waals surface area contributed by atoms with E-state index < -0.39 is 0 Å². The zero-order valence-electron chi connectivity index (χ0n) is 6.83. The maximum Gasteiger partial charge on any atom is 0.139 e. The molecule has 0 atom stereocenters. The van der Waals surface area contributed by atoms with Crippen molar-refractivity contribution in [3.05, 3.63) is 21.5 Å². The third-order valence-electron chi connectivity index (χ3n) is 1.76. The summed E-state index contributed by atoms with van der Waals surface area (Å²) in [6.45, 7) is 0. The van der Waals surface area contributed by atoms with Gasteiger partial charge in [-0.05, 0) is 35.4 Å². The van der Waals surface area contributed by atoms with E-state index in [9.17, 15) is 0 Å². The summed E-state index contributed by atoms with van der Waals surface area (Å²) in [5.41, 5.74) is 0.582. The lowest BCUT2D eigenvalue weighted by molar-refractivity contribution is 0.302. The topological polar surface area (TPSA) is 45.9 Å². The van der Waals surface area contributed by atoms with E-state index in [0.29, 0.717) is 17.4 Å².